The summed E-state index contributed by atoms with van der Waals surface area (Å²) >= 11 is 0. The van der Waals surface area contributed by atoms with Crippen LogP contribution < -0.4 is 4.74 Å². The summed E-state index contributed by atoms with van der Waals surface area (Å²) in [6.45, 7) is 0.388. The molecule has 2 aromatic carbocycles. The molecule has 1 unspecified atom stereocenters. The van der Waals surface area contributed by atoms with Gasteiger partial charge in [0.15, 0.2) is 5.76 Å². The van der Waals surface area contributed by atoms with Crippen molar-refractivity contribution in [3.8, 4) is 5.75 Å². The van der Waals surface area contributed by atoms with E-state index in [2.05, 4.69) is 0 Å². The predicted molar refractivity (Wildman–Crippen MR) is 127 cm³/mol. The summed E-state index contributed by atoms with van der Waals surface area (Å²) in [5.41, 5.74) is 2.64. The average Bonchev–Trinajstić information content (AvgIpc) is 3.57. The molecule has 8 heteroatoms. The van der Waals surface area contributed by atoms with Crippen LogP contribution in [0.3, 0.4) is 0 Å². The molecule has 8 nitrogen and oxygen atoms in total. The lowest BCUT2D eigenvalue weighted by molar-refractivity contribution is -0.133. The van der Waals surface area contributed by atoms with Crippen molar-refractivity contribution in [1.29, 1.82) is 0 Å². The first-order valence-corrected chi connectivity index (χ1v) is 11.0. The Morgan fingerprint density at radius 2 is 1.91 bits per heavy atom. The van der Waals surface area contributed by atoms with Crippen molar-refractivity contribution >= 4 is 17.5 Å². The molecule has 0 aliphatic carbocycles. The maximum Gasteiger partial charge on any atom is 0.290 e. The van der Waals surface area contributed by atoms with Gasteiger partial charge in [0.25, 0.3) is 11.8 Å². The lowest BCUT2D eigenvalue weighted by atomic mass is 9.98. The zero-order chi connectivity index (χ0) is 23.9. The second kappa shape index (κ2) is 10.8. The van der Waals surface area contributed by atoms with Crippen molar-refractivity contribution in [1.82, 2.24) is 9.91 Å². The minimum atomic E-state index is -0.372. The van der Waals surface area contributed by atoms with Gasteiger partial charge in [-0.15, -0.1) is 0 Å². The Hall–Kier alpha value is -3.91. The zero-order valence-electron chi connectivity index (χ0n) is 19.2. The monoisotopic (exact) mass is 461 g/mol. The normalized spacial score (nSPS) is 15.2. The summed E-state index contributed by atoms with van der Waals surface area (Å²) in [6.07, 6.45) is 1.98. The Balaban J connectivity index is 1.62. The number of hydrazone groups is 1. The predicted octanol–water partition coefficient (Wildman–Crippen LogP) is 3.75. The lowest BCUT2D eigenvalue weighted by Crippen LogP contribution is -2.42. The molecule has 176 valence electrons. The fourth-order valence-corrected chi connectivity index (χ4v) is 3.90. The smallest absolute Gasteiger partial charge is 0.290 e. The van der Waals surface area contributed by atoms with Crippen LogP contribution in [-0.2, 0) is 9.53 Å². The van der Waals surface area contributed by atoms with Crippen LogP contribution in [-0.4, -0.2) is 61.4 Å². The molecule has 2 heterocycles. The molecule has 0 radical (unpaired) electrons. The number of hydrogen-bond donors (Lipinski definition) is 0. The average molecular weight is 462 g/mol. The maximum absolute atomic E-state index is 13.5. The third-order valence-corrected chi connectivity index (χ3v) is 5.66. The number of rotatable bonds is 9. The van der Waals surface area contributed by atoms with E-state index in [0.29, 0.717) is 13.0 Å². The minimum Gasteiger partial charge on any atom is -0.497 e. The van der Waals surface area contributed by atoms with Crippen LogP contribution in [0.25, 0.3) is 0 Å². The van der Waals surface area contributed by atoms with Gasteiger partial charge in [-0.1, -0.05) is 42.5 Å². The van der Waals surface area contributed by atoms with E-state index in [1.807, 2.05) is 54.6 Å². The van der Waals surface area contributed by atoms with Crippen molar-refractivity contribution in [2.75, 3.05) is 33.9 Å². The summed E-state index contributed by atoms with van der Waals surface area (Å²) in [4.78, 5) is 27.9. The Kier molecular flexibility index (Phi) is 7.39. The molecule has 0 fully saturated rings. The summed E-state index contributed by atoms with van der Waals surface area (Å²) in [5.74, 6) is 0.229. The van der Waals surface area contributed by atoms with E-state index in [4.69, 9.17) is 19.0 Å². The number of carbonyl (C=O) groups is 2. The highest BCUT2D eigenvalue weighted by Gasteiger charge is 2.34. The second-order valence-corrected chi connectivity index (χ2v) is 7.84. The fourth-order valence-electron chi connectivity index (χ4n) is 3.90. The van der Waals surface area contributed by atoms with Crippen LogP contribution in [0.1, 0.15) is 34.1 Å². The van der Waals surface area contributed by atoms with Crippen LogP contribution in [0.15, 0.2) is 82.5 Å². The van der Waals surface area contributed by atoms with Gasteiger partial charge in [0.05, 0.1) is 31.7 Å². The van der Waals surface area contributed by atoms with Gasteiger partial charge in [-0.2, -0.15) is 5.10 Å². The van der Waals surface area contributed by atoms with Gasteiger partial charge in [0.2, 0.25) is 0 Å². The molecular formula is C26H27N3O5. The van der Waals surface area contributed by atoms with E-state index in [1.165, 1.54) is 16.2 Å². The highest BCUT2D eigenvalue weighted by molar-refractivity contribution is 6.04. The molecule has 0 saturated heterocycles. The number of amides is 2. The van der Waals surface area contributed by atoms with Gasteiger partial charge in [-0.3, -0.25) is 9.59 Å². The first-order chi connectivity index (χ1) is 16.6. The quantitative estimate of drug-likeness (QED) is 0.485. The number of benzene rings is 2. The second-order valence-electron chi connectivity index (χ2n) is 7.84. The number of carbonyl (C=O) groups excluding carboxylic acids is 2. The van der Waals surface area contributed by atoms with Crippen LogP contribution in [0.4, 0.5) is 0 Å². The zero-order valence-corrected chi connectivity index (χ0v) is 19.2. The number of methoxy groups -OCH3 is 2. The van der Waals surface area contributed by atoms with Crippen LogP contribution >= 0.6 is 0 Å². The molecule has 1 atom stereocenters. The molecule has 1 aliphatic heterocycles. The number of hydrogen-bond acceptors (Lipinski definition) is 6. The molecular weight excluding hydrogens is 434 g/mol. The molecule has 0 bridgehead atoms. The Morgan fingerprint density at radius 3 is 2.62 bits per heavy atom. The topological polar surface area (TPSA) is 84.6 Å². The third-order valence-electron chi connectivity index (χ3n) is 5.66. The Morgan fingerprint density at radius 1 is 1.09 bits per heavy atom. The van der Waals surface area contributed by atoms with E-state index in [-0.39, 0.29) is 36.7 Å². The van der Waals surface area contributed by atoms with Crippen molar-refractivity contribution in [2.24, 2.45) is 5.10 Å². The van der Waals surface area contributed by atoms with Crippen molar-refractivity contribution in [3.05, 3.63) is 89.9 Å². The minimum absolute atomic E-state index is 0.152. The summed E-state index contributed by atoms with van der Waals surface area (Å²) in [7, 11) is 3.16. The number of furan rings is 1. The molecule has 1 aromatic heterocycles. The van der Waals surface area contributed by atoms with Crippen LogP contribution in [0, 0.1) is 0 Å². The molecule has 0 spiro atoms. The Labute approximate surface area is 198 Å². The van der Waals surface area contributed by atoms with Crippen LogP contribution in [0.2, 0.25) is 0 Å². The molecule has 3 aromatic rings. The van der Waals surface area contributed by atoms with Crippen molar-refractivity contribution in [2.45, 2.75) is 12.5 Å². The van der Waals surface area contributed by atoms with Gasteiger partial charge < -0.3 is 18.8 Å². The fraction of sp³-hybridized carbons (Fsp3) is 0.269. The van der Waals surface area contributed by atoms with Gasteiger partial charge in [-0.05, 0) is 29.8 Å². The van der Waals surface area contributed by atoms with E-state index < -0.39 is 0 Å². The highest BCUT2D eigenvalue weighted by atomic mass is 16.5. The third kappa shape index (κ3) is 5.18. The number of ether oxygens (including phenoxy) is 2. The van der Waals surface area contributed by atoms with E-state index in [9.17, 15) is 9.59 Å². The maximum atomic E-state index is 13.5. The van der Waals surface area contributed by atoms with Gasteiger partial charge in [-0.25, -0.2) is 5.01 Å². The molecule has 0 N–H and O–H groups in total. The number of nitrogens with zero attached hydrogens (tertiary/aromatic N) is 3. The lowest BCUT2D eigenvalue weighted by Gasteiger charge is -2.26. The molecule has 2 amide bonds. The molecule has 0 saturated carbocycles. The van der Waals surface area contributed by atoms with Crippen molar-refractivity contribution in [3.63, 3.8) is 0 Å². The standard InChI is InChI=1S/C26H27N3O5/c1-32-15-13-28(26(31)24-12-7-14-34-24)18-25(30)29-23(19-8-4-3-5-9-19)17-22(27-29)20-10-6-11-21(16-20)33-2/h3-12,14,16,23H,13,15,17-18H2,1-2H3. The largest absolute Gasteiger partial charge is 0.497 e. The van der Waals surface area contributed by atoms with Gasteiger partial charge in [0.1, 0.15) is 12.3 Å². The summed E-state index contributed by atoms with van der Waals surface area (Å²) in [5, 5.41) is 6.18. The van der Waals surface area contributed by atoms with Gasteiger partial charge >= 0.3 is 0 Å². The summed E-state index contributed by atoms with van der Waals surface area (Å²) in [6, 6.07) is 20.3. The van der Waals surface area contributed by atoms with Crippen molar-refractivity contribution < 1.29 is 23.5 Å². The van der Waals surface area contributed by atoms with E-state index >= 15 is 0 Å². The Bertz CT molecular complexity index is 1140. The molecule has 34 heavy (non-hydrogen) atoms. The van der Waals surface area contributed by atoms with Gasteiger partial charge in [0, 0.05) is 25.6 Å². The first kappa shape index (κ1) is 23.3. The summed E-state index contributed by atoms with van der Waals surface area (Å²) < 4.78 is 15.8. The van der Waals surface area contributed by atoms with E-state index in [1.54, 1.807) is 26.4 Å². The highest BCUT2D eigenvalue weighted by Crippen LogP contribution is 2.33. The SMILES string of the molecule is COCCN(CC(=O)N1N=C(c2cccc(OC)c2)CC1c1ccccc1)C(=O)c1ccco1. The van der Waals surface area contributed by atoms with Crippen LogP contribution in [0.5, 0.6) is 5.75 Å². The first-order valence-electron chi connectivity index (χ1n) is 11.0. The molecule has 1 aliphatic rings. The van der Waals surface area contributed by atoms with E-state index in [0.717, 1.165) is 22.6 Å². The molecule has 4 rings (SSSR count).